The number of carbonyl (C=O) groups is 2. The molecule has 3 rings (SSSR count). The van der Waals surface area contributed by atoms with E-state index in [4.69, 9.17) is 33.2 Å². The molecule has 9 heteroatoms. The number of benzene rings is 3. The predicted molar refractivity (Wildman–Crippen MR) is 262 cm³/mol. The highest BCUT2D eigenvalue weighted by molar-refractivity contribution is 5.90. The van der Waals surface area contributed by atoms with E-state index < -0.39 is 11.9 Å². The first kappa shape index (κ1) is 53.4. The van der Waals surface area contributed by atoms with Crippen LogP contribution >= 0.6 is 0 Å². The molecule has 0 aromatic heterocycles. The number of ether oxygens (including phenoxy) is 7. The zero-order valence-electron chi connectivity index (χ0n) is 40.3. The molecule has 0 radical (unpaired) electrons. The summed E-state index contributed by atoms with van der Waals surface area (Å²) in [5, 5.41) is 0. The minimum Gasteiger partial charge on any atom is -0.490 e. The monoisotopic (exact) mass is 885 g/mol. The minimum atomic E-state index is -0.564. The van der Waals surface area contributed by atoms with Gasteiger partial charge in [0.2, 0.25) is 5.75 Å². The highest BCUT2D eigenvalue weighted by Crippen LogP contribution is 2.42. The maximum Gasteiger partial charge on any atom is 0.336 e. The fourth-order valence-electron chi connectivity index (χ4n) is 6.94. The van der Waals surface area contributed by atoms with Gasteiger partial charge >= 0.3 is 11.9 Å². The molecule has 0 atom stereocenters. The third-order valence-corrected chi connectivity index (χ3v) is 10.7. The van der Waals surface area contributed by atoms with Crippen molar-refractivity contribution < 1.29 is 42.7 Å². The van der Waals surface area contributed by atoms with Crippen LogP contribution in [0.3, 0.4) is 0 Å². The van der Waals surface area contributed by atoms with E-state index in [0.717, 1.165) is 132 Å². The lowest BCUT2D eigenvalue weighted by molar-refractivity contribution is -0.130. The molecule has 0 spiro atoms. The van der Waals surface area contributed by atoms with Crippen molar-refractivity contribution in [2.45, 2.75) is 170 Å². The second kappa shape index (κ2) is 33.6. The van der Waals surface area contributed by atoms with E-state index in [1.54, 1.807) is 36.4 Å². The van der Waals surface area contributed by atoms with Crippen molar-refractivity contribution in [1.82, 2.24) is 0 Å². The summed E-state index contributed by atoms with van der Waals surface area (Å²) in [4.78, 5) is 26.1. The fraction of sp³-hybridized carbons (Fsp3) is 0.564. The van der Waals surface area contributed by atoms with Gasteiger partial charge in [0.15, 0.2) is 23.0 Å². The highest BCUT2D eigenvalue weighted by atomic mass is 16.6. The molecule has 0 aliphatic heterocycles. The first-order valence-electron chi connectivity index (χ1n) is 24.7. The molecule has 0 unspecified atom stereocenters. The molecule has 0 heterocycles. The summed E-state index contributed by atoms with van der Waals surface area (Å²) in [6, 6.07) is 14.1. The van der Waals surface area contributed by atoms with E-state index >= 15 is 0 Å². The van der Waals surface area contributed by atoms with Gasteiger partial charge in [-0.1, -0.05) is 143 Å². The predicted octanol–water partition coefficient (Wildman–Crippen LogP) is 15.0. The van der Waals surface area contributed by atoms with E-state index in [2.05, 4.69) is 34.6 Å². The molecular weight excluding hydrogens is 805 g/mol. The Morgan fingerprint density at radius 3 is 1.14 bits per heavy atom. The first-order valence-corrected chi connectivity index (χ1v) is 24.7. The van der Waals surface area contributed by atoms with Crippen LogP contribution in [-0.4, -0.2) is 45.0 Å². The fourth-order valence-corrected chi connectivity index (χ4v) is 6.94. The molecular formula is C55H80O9. The van der Waals surface area contributed by atoms with Gasteiger partial charge in [-0.2, -0.15) is 0 Å². The Bertz CT molecular complexity index is 1800. The summed E-state index contributed by atoms with van der Waals surface area (Å²) < 4.78 is 42.9. The van der Waals surface area contributed by atoms with Gasteiger partial charge in [0.05, 0.1) is 33.0 Å². The van der Waals surface area contributed by atoms with Crippen LogP contribution in [0, 0.1) is 6.92 Å². The van der Waals surface area contributed by atoms with Gasteiger partial charge in [-0.05, 0) is 93.1 Å². The Kier molecular flexibility index (Phi) is 28.0. The lowest BCUT2D eigenvalue weighted by atomic mass is 10.1. The maximum atomic E-state index is 13.1. The molecule has 354 valence electrons. The van der Waals surface area contributed by atoms with Crippen LogP contribution in [0.4, 0.5) is 0 Å². The van der Waals surface area contributed by atoms with Crippen LogP contribution in [0.15, 0.2) is 60.7 Å². The molecule has 3 aromatic carbocycles. The van der Waals surface area contributed by atoms with Gasteiger partial charge < -0.3 is 33.2 Å². The number of hydrogen-bond acceptors (Lipinski definition) is 9. The van der Waals surface area contributed by atoms with E-state index in [-0.39, 0.29) is 0 Å². The molecule has 0 amide bonds. The molecule has 0 saturated carbocycles. The Morgan fingerprint density at radius 1 is 0.391 bits per heavy atom. The quantitative estimate of drug-likeness (QED) is 0.0245. The second-order valence-electron chi connectivity index (χ2n) is 16.5. The Morgan fingerprint density at radius 2 is 0.734 bits per heavy atom. The Balaban J connectivity index is 1.71. The topological polar surface area (TPSA) is 98.8 Å². The highest BCUT2D eigenvalue weighted by Gasteiger charge is 2.19. The number of esters is 2. The second-order valence-corrected chi connectivity index (χ2v) is 16.5. The van der Waals surface area contributed by atoms with Crippen LogP contribution in [0.2, 0.25) is 0 Å². The summed E-state index contributed by atoms with van der Waals surface area (Å²) >= 11 is 0. The van der Waals surface area contributed by atoms with Gasteiger partial charge in [-0.25, -0.2) is 9.59 Å². The summed E-state index contributed by atoms with van der Waals surface area (Å²) in [5.41, 5.74) is 2.43. The van der Waals surface area contributed by atoms with Gasteiger partial charge in [-0.3, -0.25) is 0 Å². The first-order chi connectivity index (χ1) is 31.3. The number of aryl methyl sites for hydroxylation is 1. The van der Waals surface area contributed by atoms with Gasteiger partial charge in [0.25, 0.3) is 0 Å². The maximum absolute atomic E-state index is 13.1. The van der Waals surface area contributed by atoms with Gasteiger partial charge in [-0.15, -0.1) is 0 Å². The smallest absolute Gasteiger partial charge is 0.336 e. The molecule has 9 nitrogen and oxygen atoms in total. The van der Waals surface area contributed by atoms with Crippen LogP contribution in [-0.2, 0) is 9.59 Å². The van der Waals surface area contributed by atoms with E-state index in [0.29, 0.717) is 73.1 Å². The number of unbranched alkanes of at least 4 members (excludes halogenated alkanes) is 15. The zero-order valence-corrected chi connectivity index (χ0v) is 40.3. The van der Waals surface area contributed by atoms with Crippen molar-refractivity contribution >= 4 is 24.1 Å². The van der Waals surface area contributed by atoms with Crippen molar-refractivity contribution in [3.63, 3.8) is 0 Å². The Hall–Kier alpha value is -4.92. The van der Waals surface area contributed by atoms with Crippen LogP contribution in [0.25, 0.3) is 12.2 Å². The summed E-state index contributed by atoms with van der Waals surface area (Å²) in [6.45, 7) is 15.8. The molecule has 64 heavy (non-hydrogen) atoms. The molecule has 0 N–H and O–H groups in total. The van der Waals surface area contributed by atoms with Crippen LogP contribution in [0.5, 0.6) is 40.2 Å². The lowest BCUT2D eigenvalue weighted by Gasteiger charge is -2.19. The van der Waals surface area contributed by atoms with E-state index in [9.17, 15) is 9.59 Å². The minimum absolute atomic E-state index is 0.308. The summed E-state index contributed by atoms with van der Waals surface area (Å²) in [5.74, 6) is 2.68. The van der Waals surface area contributed by atoms with Gasteiger partial charge in [0.1, 0.15) is 11.5 Å². The largest absolute Gasteiger partial charge is 0.490 e. The average Bonchev–Trinajstić information content (AvgIpc) is 3.29. The molecule has 0 bridgehead atoms. The van der Waals surface area contributed by atoms with E-state index in [1.165, 1.54) is 25.0 Å². The third-order valence-electron chi connectivity index (χ3n) is 10.7. The lowest BCUT2D eigenvalue weighted by Crippen LogP contribution is -2.08. The van der Waals surface area contributed by atoms with Crippen LogP contribution in [0.1, 0.15) is 180 Å². The molecule has 3 aromatic rings. The Labute approximate surface area is 386 Å². The van der Waals surface area contributed by atoms with Crippen molar-refractivity contribution in [1.29, 1.82) is 0 Å². The van der Waals surface area contributed by atoms with Gasteiger partial charge in [0, 0.05) is 23.3 Å². The number of rotatable bonds is 36. The van der Waals surface area contributed by atoms with E-state index in [1.807, 2.05) is 31.2 Å². The molecule has 0 saturated heterocycles. The number of carbonyl (C=O) groups excluding carboxylic acids is 2. The van der Waals surface area contributed by atoms with Crippen LogP contribution < -0.4 is 33.2 Å². The molecule has 0 fully saturated rings. The summed E-state index contributed by atoms with van der Waals surface area (Å²) in [7, 11) is 0. The molecule has 0 aliphatic rings. The SMILES string of the molecule is CCCCCCOc1ccc(/C=C/C(=O)Oc2ccc(OC(=O)/C=C/c3ccc(C)c(OCCCCCC)c3OCCCCCC)cc2)c(OCCCCCC)c1OCCCCCC. The zero-order chi connectivity index (χ0) is 46.0. The standard InChI is InChI=1S/C55H80O9/c1-7-12-17-22-39-58-49-36-29-46(54(61-42-25-20-15-10-4)55(49)62-43-26-21-16-11-5)31-38-51(57)64-48-34-32-47(33-35-48)63-50(56)37-30-45-28-27-44(6)52(59-40-23-18-13-8-2)53(45)60-41-24-19-14-9-3/h27-38H,7-26,39-43H2,1-6H3/b37-30+,38-31+. The van der Waals surface area contributed by atoms with Crippen molar-refractivity contribution in [2.75, 3.05) is 33.0 Å². The van der Waals surface area contributed by atoms with Crippen molar-refractivity contribution in [3.8, 4) is 40.2 Å². The average molecular weight is 885 g/mol. The van der Waals surface area contributed by atoms with Crippen molar-refractivity contribution in [2.24, 2.45) is 0 Å². The molecule has 0 aliphatic carbocycles. The number of hydrogen-bond donors (Lipinski definition) is 0. The summed E-state index contributed by atoms with van der Waals surface area (Å²) in [6.07, 6.45) is 27.9. The normalized spacial score (nSPS) is 11.3. The van der Waals surface area contributed by atoms with Crippen molar-refractivity contribution in [3.05, 3.63) is 77.4 Å². The third kappa shape index (κ3) is 21.2.